The minimum absolute atomic E-state index is 0.130. The van der Waals surface area contributed by atoms with E-state index in [1.165, 1.54) is 14.2 Å². The number of hydrogen-bond donors (Lipinski definition) is 1. The summed E-state index contributed by atoms with van der Waals surface area (Å²) in [6.45, 7) is 0.501. The summed E-state index contributed by atoms with van der Waals surface area (Å²) in [7, 11) is 3.04. The van der Waals surface area contributed by atoms with Gasteiger partial charge in [-0.25, -0.2) is 0 Å². The van der Waals surface area contributed by atoms with Gasteiger partial charge in [0, 0.05) is 11.9 Å². The van der Waals surface area contributed by atoms with Crippen molar-refractivity contribution >= 4 is 5.69 Å². The van der Waals surface area contributed by atoms with Gasteiger partial charge in [0.05, 0.1) is 26.8 Å². The fraction of sp³-hybridized carbons (Fsp3) is 0.167. The number of methoxy groups -OCH3 is 2. The predicted octanol–water partition coefficient (Wildman–Crippen LogP) is 3.29. The molecule has 2 aromatic heterocycles. The molecule has 0 aliphatic heterocycles. The normalized spacial score (nSPS) is 10.2. The molecule has 0 amide bonds. The van der Waals surface area contributed by atoms with E-state index in [0.717, 1.165) is 11.4 Å². The van der Waals surface area contributed by atoms with Crippen molar-refractivity contribution in [3.8, 4) is 23.5 Å². The molecule has 1 aromatic carbocycles. The molecule has 0 aliphatic carbocycles. The van der Waals surface area contributed by atoms with Crippen LogP contribution in [0.3, 0.4) is 0 Å². The third kappa shape index (κ3) is 4.35. The van der Waals surface area contributed by atoms with Gasteiger partial charge in [-0.1, -0.05) is 18.2 Å². The summed E-state index contributed by atoms with van der Waals surface area (Å²) in [5, 5.41) is 3.30. The first-order valence-electron chi connectivity index (χ1n) is 7.66. The van der Waals surface area contributed by atoms with Gasteiger partial charge in [0.15, 0.2) is 5.75 Å². The minimum Gasteiger partial charge on any atom is -0.481 e. The van der Waals surface area contributed by atoms with E-state index < -0.39 is 0 Å². The number of anilines is 1. The molecular weight excluding hydrogens is 320 g/mol. The van der Waals surface area contributed by atoms with Gasteiger partial charge in [-0.2, -0.15) is 9.97 Å². The van der Waals surface area contributed by atoms with Crippen LogP contribution >= 0.6 is 0 Å². The number of rotatable bonds is 7. The van der Waals surface area contributed by atoms with Gasteiger partial charge < -0.3 is 19.5 Å². The smallest absolute Gasteiger partial charge is 0.328 e. The van der Waals surface area contributed by atoms with E-state index in [2.05, 4.69) is 20.3 Å². The molecule has 128 valence electrons. The summed E-state index contributed by atoms with van der Waals surface area (Å²) in [6.07, 6.45) is 1.71. The van der Waals surface area contributed by atoms with Crippen molar-refractivity contribution in [1.82, 2.24) is 15.0 Å². The fourth-order valence-electron chi connectivity index (χ4n) is 2.13. The minimum atomic E-state index is 0.130. The zero-order valence-electron chi connectivity index (χ0n) is 14.0. The molecule has 25 heavy (non-hydrogen) atoms. The molecule has 0 fully saturated rings. The highest BCUT2D eigenvalue weighted by molar-refractivity contribution is 5.44. The first-order valence-corrected chi connectivity index (χ1v) is 7.66. The molecule has 3 aromatic rings. The lowest BCUT2D eigenvalue weighted by Gasteiger charge is -2.11. The van der Waals surface area contributed by atoms with E-state index in [1.54, 1.807) is 18.3 Å². The number of nitrogens with one attached hydrogen (secondary N) is 1. The Morgan fingerprint density at radius 2 is 1.64 bits per heavy atom. The highest BCUT2D eigenvalue weighted by Gasteiger charge is 2.11. The van der Waals surface area contributed by atoms with Gasteiger partial charge in [0.25, 0.3) is 0 Å². The van der Waals surface area contributed by atoms with E-state index in [1.807, 2.05) is 36.4 Å². The molecule has 0 spiro atoms. The number of hydrogen-bond acceptors (Lipinski definition) is 7. The molecule has 7 nitrogen and oxygen atoms in total. The second-order valence-electron chi connectivity index (χ2n) is 5.01. The molecule has 0 saturated carbocycles. The summed E-state index contributed by atoms with van der Waals surface area (Å²) in [5.74, 6) is 1.27. The number of nitrogens with zero attached hydrogens (tertiary/aromatic N) is 3. The third-order valence-corrected chi connectivity index (χ3v) is 3.36. The summed E-state index contributed by atoms with van der Waals surface area (Å²) in [4.78, 5) is 12.7. The van der Waals surface area contributed by atoms with Crippen LogP contribution in [0.5, 0.6) is 23.5 Å². The molecule has 3 rings (SSSR count). The molecule has 0 radical (unpaired) electrons. The number of para-hydroxylation sites is 1. The Morgan fingerprint density at radius 3 is 2.32 bits per heavy atom. The van der Waals surface area contributed by atoms with Crippen LogP contribution < -0.4 is 19.5 Å². The Hall–Kier alpha value is -3.35. The zero-order valence-corrected chi connectivity index (χ0v) is 14.0. The quantitative estimate of drug-likeness (QED) is 0.708. The number of benzene rings is 1. The van der Waals surface area contributed by atoms with Gasteiger partial charge in [0.2, 0.25) is 11.8 Å². The SMILES string of the molecule is COc1cc(OC)nc(Oc2cccnc2CNc2ccccc2)n1. The van der Waals surface area contributed by atoms with Gasteiger partial charge in [-0.3, -0.25) is 4.98 Å². The lowest BCUT2D eigenvalue weighted by Crippen LogP contribution is -2.05. The number of pyridine rings is 1. The maximum Gasteiger partial charge on any atom is 0.328 e. The average molecular weight is 338 g/mol. The second kappa shape index (κ2) is 7.96. The fourth-order valence-corrected chi connectivity index (χ4v) is 2.13. The van der Waals surface area contributed by atoms with Gasteiger partial charge in [-0.05, 0) is 24.3 Å². The molecule has 0 saturated heterocycles. The van der Waals surface area contributed by atoms with Crippen LogP contribution in [0.15, 0.2) is 54.7 Å². The van der Waals surface area contributed by atoms with Crippen molar-refractivity contribution < 1.29 is 14.2 Å². The Balaban J connectivity index is 1.79. The van der Waals surface area contributed by atoms with Gasteiger partial charge >= 0.3 is 6.01 Å². The Kier molecular flexibility index (Phi) is 5.26. The van der Waals surface area contributed by atoms with Crippen LogP contribution in [0.2, 0.25) is 0 Å². The Bertz CT molecular complexity index is 805. The predicted molar refractivity (Wildman–Crippen MR) is 93.2 cm³/mol. The van der Waals surface area contributed by atoms with Crippen LogP contribution in [-0.4, -0.2) is 29.2 Å². The zero-order chi connectivity index (χ0) is 17.5. The summed E-state index contributed by atoms with van der Waals surface area (Å²) < 4.78 is 16.1. The Morgan fingerprint density at radius 1 is 0.920 bits per heavy atom. The molecule has 0 atom stereocenters. The van der Waals surface area contributed by atoms with E-state index >= 15 is 0 Å². The largest absolute Gasteiger partial charge is 0.481 e. The summed E-state index contributed by atoms with van der Waals surface area (Å²) in [6, 6.07) is 15.2. The molecule has 7 heteroatoms. The van der Waals surface area contributed by atoms with Gasteiger partial charge in [-0.15, -0.1) is 0 Å². The highest BCUT2D eigenvalue weighted by Crippen LogP contribution is 2.25. The van der Waals surface area contributed by atoms with Crippen molar-refractivity contribution in [3.63, 3.8) is 0 Å². The number of ether oxygens (including phenoxy) is 3. The van der Waals surface area contributed by atoms with Crippen molar-refractivity contribution in [2.24, 2.45) is 0 Å². The van der Waals surface area contributed by atoms with E-state index in [9.17, 15) is 0 Å². The molecule has 0 bridgehead atoms. The van der Waals surface area contributed by atoms with Crippen LogP contribution in [0, 0.1) is 0 Å². The van der Waals surface area contributed by atoms with Crippen molar-refractivity contribution in [3.05, 3.63) is 60.4 Å². The molecule has 1 N–H and O–H groups in total. The van der Waals surface area contributed by atoms with Crippen molar-refractivity contribution in [2.45, 2.75) is 6.54 Å². The van der Waals surface area contributed by atoms with Crippen molar-refractivity contribution in [2.75, 3.05) is 19.5 Å². The molecular formula is C18H18N4O3. The monoisotopic (exact) mass is 338 g/mol. The lowest BCUT2D eigenvalue weighted by atomic mass is 10.3. The number of aromatic nitrogens is 3. The first kappa shape index (κ1) is 16.5. The van der Waals surface area contributed by atoms with Crippen LogP contribution in [0.4, 0.5) is 5.69 Å². The first-order chi connectivity index (χ1) is 12.3. The molecule has 2 heterocycles. The van der Waals surface area contributed by atoms with E-state index in [0.29, 0.717) is 24.1 Å². The lowest BCUT2D eigenvalue weighted by molar-refractivity contribution is 0.347. The maximum atomic E-state index is 5.80. The Labute approximate surface area is 145 Å². The summed E-state index contributed by atoms with van der Waals surface area (Å²) >= 11 is 0. The second-order valence-corrected chi connectivity index (χ2v) is 5.01. The maximum absolute atomic E-state index is 5.80. The summed E-state index contributed by atoms with van der Waals surface area (Å²) in [5.41, 5.74) is 1.73. The standard InChI is InChI=1S/C18H18N4O3/c1-23-16-11-17(24-2)22-18(21-16)25-15-9-6-10-19-14(15)12-20-13-7-4-3-5-8-13/h3-11,20H,12H2,1-2H3. The average Bonchev–Trinajstić information content (AvgIpc) is 2.67. The third-order valence-electron chi connectivity index (χ3n) is 3.36. The molecule has 0 unspecified atom stereocenters. The van der Waals surface area contributed by atoms with Crippen molar-refractivity contribution in [1.29, 1.82) is 0 Å². The van der Waals surface area contributed by atoms with Crippen LogP contribution in [-0.2, 0) is 6.54 Å². The van der Waals surface area contributed by atoms with Crippen LogP contribution in [0.1, 0.15) is 5.69 Å². The van der Waals surface area contributed by atoms with E-state index in [4.69, 9.17) is 14.2 Å². The van der Waals surface area contributed by atoms with Gasteiger partial charge in [0.1, 0.15) is 5.69 Å². The van der Waals surface area contributed by atoms with Crippen LogP contribution in [0.25, 0.3) is 0 Å². The topological polar surface area (TPSA) is 78.4 Å². The highest BCUT2D eigenvalue weighted by atomic mass is 16.5. The van der Waals surface area contributed by atoms with E-state index in [-0.39, 0.29) is 6.01 Å². The molecule has 0 aliphatic rings.